The zero-order valence-electron chi connectivity index (χ0n) is 10.5. The number of ether oxygens (including phenoxy) is 1. The van der Waals surface area contributed by atoms with Crippen LogP contribution in [0.25, 0.3) is 10.2 Å². The van der Waals surface area contributed by atoms with E-state index in [1.54, 1.807) is 11.3 Å². The zero-order valence-corrected chi connectivity index (χ0v) is 11.3. The summed E-state index contributed by atoms with van der Waals surface area (Å²) in [7, 11) is 0. The van der Waals surface area contributed by atoms with Gasteiger partial charge in [0.25, 0.3) is 0 Å². The van der Waals surface area contributed by atoms with Gasteiger partial charge in [0, 0.05) is 6.54 Å². The molecule has 0 radical (unpaired) electrons. The maximum Gasteiger partial charge on any atom is 0.227 e. The van der Waals surface area contributed by atoms with Crippen molar-refractivity contribution in [1.82, 2.24) is 9.97 Å². The third-order valence-electron chi connectivity index (χ3n) is 3.21. The SMILES string of the molecule is CCNc1nc(OC2CCCC2)c2ccsc2n1. The van der Waals surface area contributed by atoms with Crippen molar-refractivity contribution in [2.75, 3.05) is 11.9 Å². The molecule has 2 heterocycles. The Bertz CT molecular complexity index is 534. The van der Waals surface area contributed by atoms with Gasteiger partial charge in [-0.05, 0) is 44.1 Å². The minimum atomic E-state index is 0.331. The normalized spacial score (nSPS) is 16.3. The highest BCUT2D eigenvalue weighted by Gasteiger charge is 2.19. The van der Waals surface area contributed by atoms with Crippen LogP contribution < -0.4 is 10.1 Å². The van der Waals surface area contributed by atoms with Crippen molar-refractivity contribution < 1.29 is 4.74 Å². The number of thiophene rings is 1. The standard InChI is InChI=1S/C13H17N3OS/c1-2-14-13-15-11(17-9-5-3-4-6-9)10-7-8-18-12(10)16-13/h7-9H,2-6H2,1H3,(H,14,15,16). The number of hydrogen-bond acceptors (Lipinski definition) is 5. The molecule has 4 nitrogen and oxygen atoms in total. The van der Waals surface area contributed by atoms with Crippen LogP contribution in [-0.4, -0.2) is 22.6 Å². The van der Waals surface area contributed by atoms with E-state index in [9.17, 15) is 0 Å². The first-order valence-electron chi connectivity index (χ1n) is 6.52. The lowest BCUT2D eigenvalue weighted by atomic mass is 10.3. The Labute approximate surface area is 110 Å². The van der Waals surface area contributed by atoms with Crippen LogP contribution in [0.1, 0.15) is 32.6 Å². The van der Waals surface area contributed by atoms with Crippen LogP contribution in [-0.2, 0) is 0 Å². The average Bonchev–Trinajstić information content (AvgIpc) is 2.99. The van der Waals surface area contributed by atoms with Gasteiger partial charge in [-0.2, -0.15) is 4.98 Å². The summed E-state index contributed by atoms with van der Waals surface area (Å²) in [5.74, 6) is 1.41. The van der Waals surface area contributed by atoms with E-state index < -0.39 is 0 Å². The number of fused-ring (bicyclic) bond motifs is 1. The molecular weight excluding hydrogens is 246 g/mol. The summed E-state index contributed by atoms with van der Waals surface area (Å²) in [6.07, 6.45) is 5.15. The van der Waals surface area contributed by atoms with Crippen LogP contribution >= 0.6 is 11.3 Å². The first-order valence-corrected chi connectivity index (χ1v) is 7.40. The molecule has 18 heavy (non-hydrogen) atoms. The van der Waals surface area contributed by atoms with Crippen LogP contribution in [0.3, 0.4) is 0 Å². The molecule has 2 aromatic heterocycles. The van der Waals surface area contributed by atoms with E-state index >= 15 is 0 Å². The molecule has 0 atom stereocenters. The van der Waals surface area contributed by atoms with E-state index in [-0.39, 0.29) is 0 Å². The number of anilines is 1. The molecule has 1 aliphatic carbocycles. The number of aromatic nitrogens is 2. The minimum absolute atomic E-state index is 0.331. The minimum Gasteiger partial charge on any atom is -0.474 e. The molecule has 0 saturated heterocycles. The Morgan fingerprint density at radius 3 is 3.00 bits per heavy atom. The summed E-state index contributed by atoms with van der Waals surface area (Å²) in [5, 5.41) is 6.23. The van der Waals surface area contributed by atoms with Crippen LogP contribution in [0.15, 0.2) is 11.4 Å². The van der Waals surface area contributed by atoms with Gasteiger partial charge in [0.05, 0.1) is 5.39 Å². The fourth-order valence-electron chi connectivity index (χ4n) is 2.32. The average molecular weight is 263 g/mol. The molecule has 0 aliphatic heterocycles. The summed E-state index contributed by atoms with van der Waals surface area (Å²) >= 11 is 1.63. The molecule has 0 aromatic carbocycles. The van der Waals surface area contributed by atoms with Crippen molar-refractivity contribution in [3.8, 4) is 5.88 Å². The molecule has 1 fully saturated rings. The van der Waals surface area contributed by atoms with Gasteiger partial charge in [0.1, 0.15) is 10.9 Å². The Hall–Kier alpha value is -1.36. The molecule has 0 bridgehead atoms. The predicted molar refractivity (Wildman–Crippen MR) is 74.5 cm³/mol. The quantitative estimate of drug-likeness (QED) is 0.918. The molecule has 1 aliphatic rings. The number of rotatable bonds is 4. The second-order valence-corrected chi connectivity index (χ2v) is 5.44. The molecule has 3 rings (SSSR count). The third kappa shape index (κ3) is 2.27. The van der Waals surface area contributed by atoms with E-state index in [1.165, 1.54) is 12.8 Å². The van der Waals surface area contributed by atoms with Crippen molar-refractivity contribution in [2.45, 2.75) is 38.7 Å². The summed E-state index contributed by atoms with van der Waals surface area (Å²) in [4.78, 5) is 9.96. The largest absolute Gasteiger partial charge is 0.474 e. The Morgan fingerprint density at radius 1 is 1.39 bits per heavy atom. The van der Waals surface area contributed by atoms with Gasteiger partial charge in [-0.25, -0.2) is 4.98 Å². The molecule has 0 amide bonds. The van der Waals surface area contributed by atoms with Crippen molar-refractivity contribution >= 4 is 27.5 Å². The topological polar surface area (TPSA) is 47.0 Å². The van der Waals surface area contributed by atoms with Gasteiger partial charge >= 0.3 is 0 Å². The molecule has 2 aromatic rings. The lowest BCUT2D eigenvalue weighted by Gasteiger charge is -2.13. The predicted octanol–water partition coefficient (Wildman–Crippen LogP) is 3.44. The molecule has 5 heteroatoms. The summed E-state index contributed by atoms with van der Waals surface area (Å²) in [6.45, 7) is 2.86. The maximum atomic E-state index is 6.05. The number of hydrogen-bond donors (Lipinski definition) is 1. The van der Waals surface area contributed by atoms with E-state index in [1.807, 2.05) is 18.4 Å². The summed E-state index contributed by atoms with van der Waals surface area (Å²) in [5.41, 5.74) is 0. The Morgan fingerprint density at radius 2 is 2.22 bits per heavy atom. The second kappa shape index (κ2) is 5.10. The Kier molecular flexibility index (Phi) is 3.32. The van der Waals surface area contributed by atoms with Crippen molar-refractivity contribution in [3.05, 3.63) is 11.4 Å². The maximum absolute atomic E-state index is 6.05. The van der Waals surface area contributed by atoms with E-state index in [2.05, 4.69) is 15.3 Å². The lowest BCUT2D eigenvalue weighted by molar-refractivity contribution is 0.204. The number of nitrogens with one attached hydrogen (secondary N) is 1. The van der Waals surface area contributed by atoms with Crippen molar-refractivity contribution in [1.29, 1.82) is 0 Å². The first kappa shape index (κ1) is 11.7. The second-order valence-electron chi connectivity index (χ2n) is 4.55. The summed E-state index contributed by atoms with van der Waals surface area (Å²) < 4.78 is 6.05. The third-order valence-corrected chi connectivity index (χ3v) is 4.01. The zero-order chi connectivity index (χ0) is 12.4. The lowest BCUT2D eigenvalue weighted by Crippen LogP contribution is -2.13. The van der Waals surface area contributed by atoms with Gasteiger partial charge in [0.2, 0.25) is 11.8 Å². The Balaban J connectivity index is 1.93. The van der Waals surface area contributed by atoms with Crippen molar-refractivity contribution in [3.63, 3.8) is 0 Å². The molecule has 1 N–H and O–H groups in total. The van der Waals surface area contributed by atoms with Crippen LogP contribution in [0.5, 0.6) is 5.88 Å². The molecule has 0 unspecified atom stereocenters. The van der Waals surface area contributed by atoms with Crippen LogP contribution in [0.2, 0.25) is 0 Å². The molecule has 96 valence electrons. The van der Waals surface area contributed by atoms with Gasteiger partial charge in [0.15, 0.2) is 0 Å². The highest BCUT2D eigenvalue weighted by molar-refractivity contribution is 7.16. The highest BCUT2D eigenvalue weighted by atomic mass is 32.1. The van der Waals surface area contributed by atoms with Gasteiger partial charge in [-0.15, -0.1) is 11.3 Å². The molecule has 0 spiro atoms. The van der Waals surface area contributed by atoms with Crippen LogP contribution in [0, 0.1) is 0 Å². The first-order chi connectivity index (χ1) is 8.86. The van der Waals surface area contributed by atoms with Gasteiger partial charge < -0.3 is 10.1 Å². The molecular formula is C13H17N3OS. The molecule has 1 saturated carbocycles. The fraction of sp³-hybridized carbons (Fsp3) is 0.538. The fourth-order valence-corrected chi connectivity index (χ4v) is 3.07. The van der Waals surface area contributed by atoms with Gasteiger partial charge in [-0.3, -0.25) is 0 Å². The van der Waals surface area contributed by atoms with Crippen molar-refractivity contribution in [2.24, 2.45) is 0 Å². The van der Waals surface area contributed by atoms with E-state index in [0.717, 1.165) is 35.5 Å². The van der Waals surface area contributed by atoms with Gasteiger partial charge in [-0.1, -0.05) is 0 Å². The van der Waals surface area contributed by atoms with Crippen LogP contribution in [0.4, 0.5) is 5.95 Å². The van der Waals surface area contributed by atoms with E-state index in [4.69, 9.17) is 4.74 Å². The smallest absolute Gasteiger partial charge is 0.227 e. The number of nitrogens with zero attached hydrogens (tertiary/aromatic N) is 2. The highest BCUT2D eigenvalue weighted by Crippen LogP contribution is 2.31. The van der Waals surface area contributed by atoms with E-state index in [0.29, 0.717) is 12.1 Å². The summed E-state index contributed by atoms with van der Waals surface area (Å²) in [6, 6.07) is 2.04. The monoisotopic (exact) mass is 263 g/mol.